The summed E-state index contributed by atoms with van der Waals surface area (Å²) in [5.74, 6) is -0.275. The summed E-state index contributed by atoms with van der Waals surface area (Å²) >= 11 is 11.9. The lowest BCUT2D eigenvalue weighted by Gasteiger charge is -2.37. The molecule has 1 aliphatic carbocycles. The highest BCUT2D eigenvalue weighted by Crippen LogP contribution is 2.47. The number of benzene rings is 1. The molecule has 0 radical (unpaired) electrons. The molecule has 0 aromatic heterocycles. The summed E-state index contributed by atoms with van der Waals surface area (Å²) in [6.07, 6.45) is 5.09. The summed E-state index contributed by atoms with van der Waals surface area (Å²) in [6.45, 7) is 0. The van der Waals surface area contributed by atoms with Gasteiger partial charge in [-0.2, -0.15) is 0 Å². The van der Waals surface area contributed by atoms with Gasteiger partial charge in [0.1, 0.15) is 0 Å². The van der Waals surface area contributed by atoms with E-state index in [1.165, 1.54) is 4.90 Å². The molecule has 1 heterocycles. The maximum Gasteiger partial charge on any atom is 0.234 e. The van der Waals surface area contributed by atoms with Crippen molar-refractivity contribution in [1.29, 1.82) is 0 Å². The van der Waals surface area contributed by atoms with Crippen molar-refractivity contribution in [3.05, 3.63) is 28.2 Å². The lowest BCUT2D eigenvalue weighted by molar-refractivity contribution is -0.133. The van der Waals surface area contributed by atoms with E-state index in [0.717, 1.165) is 25.7 Å². The lowest BCUT2D eigenvalue weighted by Crippen LogP contribution is -2.47. The number of amides is 2. The van der Waals surface area contributed by atoms with E-state index >= 15 is 0 Å². The summed E-state index contributed by atoms with van der Waals surface area (Å²) in [5, 5.41) is 0.850. The number of carbonyl (C=O) groups excluding carboxylic acids is 2. The van der Waals surface area contributed by atoms with E-state index in [-0.39, 0.29) is 17.2 Å². The van der Waals surface area contributed by atoms with Crippen LogP contribution in [0.25, 0.3) is 0 Å². The number of nitrogens with zero attached hydrogens (tertiary/aromatic N) is 1. The fraction of sp³-hybridized carbons (Fsp3) is 0.467. The zero-order valence-electron chi connectivity index (χ0n) is 11.0. The molecule has 0 atom stereocenters. The number of imide groups is 1. The second-order valence-corrected chi connectivity index (χ2v) is 6.68. The van der Waals surface area contributed by atoms with Crippen molar-refractivity contribution in [3.63, 3.8) is 0 Å². The van der Waals surface area contributed by atoms with Crippen LogP contribution in [0.4, 0.5) is 5.69 Å². The molecule has 2 amide bonds. The molecule has 1 spiro atoms. The Balaban J connectivity index is 1.91. The van der Waals surface area contributed by atoms with Crippen LogP contribution in [0.2, 0.25) is 10.0 Å². The Morgan fingerprint density at radius 3 is 1.90 bits per heavy atom. The highest BCUT2D eigenvalue weighted by atomic mass is 35.5. The quantitative estimate of drug-likeness (QED) is 0.729. The molecular weight excluding hydrogens is 297 g/mol. The Bertz CT molecular complexity index is 539. The van der Waals surface area contributed by atoms with Crippen LogP contribution >= 0.6 is 23.2 Å². The summed E-state index contributed by atoms with van der Waals surface area (Å²) < 4.78 is 0. The second-order valence-electron chi connectivity index (χ2n) is 5.81. The van der Waals surface area contributed by atoms with Crippen LogP contribution in [0.15, 0.2) is 18.2 Å². The normalized spacial score (nSPS) is 21.8. The standard InChI is InChI=1S/C15H15Cl2NO2/c16-10-5-11(17)7-12(6-10)18-13(19)8-15(9-14(18)20)3-1-2-4-15/h5-7H,1-4,8-9H2. The maximum atomic E-state index is 12.4. The van der Waals surface area contributed by atoms with Crippen LogP contribution in [0.1, 0.15) is 38.5 Å². The van der Waals surface area contributed by atoms with Crippen molar-refractivity contribution in [2.24, 2.45) is 5.41 Å². The van der Waals surface area contributed by atoms with Gasteiger partial charge in [-0.3, -0.25) is 14.5 Å². The van der Waals surface area contributed by atoms with Crippen LogP contribution in [0.3, 0.4) is 0 Å². The lowest BCUT2D eigenvalue weighted by atomic mass is 9.76. The molecule has 0 unspecified atom stereocenters. The number of carbonyl (C=O) groups is 2. The fourth-order valence-corrected chi connectivity index (χ4v) is 3.95. The zero-order chi connectivity index (χ0) is 14.3. The SMILES string of the molecule is O=C1CC2(CCCC2)CC(=O)N1c1cc(Cl)cc(Cl)c1. The van der Waals surface area contributed by atoms with Gasteiger partial charge in [0.25, 0.3) is 0 Å². The Morgan fingerprint density at radius 2 is 1.40 bits per heavy atom. The number of piperidine rings is 1. The van der Waals surface area contributed by atoms with Crippen LogP contribution in [0.5, 0.6) is 0 Å². The second kappa shape index (κ2) is 5.05. The Labute approximate surface area is 127 Å². The van der Waals surface area contributed by atoms with Crippen molar-refractivity contribution in [1.82, 2.24) is 0 Å². The van der Waals surface area contributed by atoms with Gasteiger partial charge in [0.15, 0.2) is 0 Å². The number of hydrogen-bond donors (Lipinski definition) is 0. The molecule has 2 aliphatic rings. The van der Waals surface area contributed by atoms with E-state index in [1.54, 1.807) is 18.2 Å². The molecule has 5 heteroatoms. The van der Waals surface area contributed by atoms with Crippen molar-refractivity contribution in [2.45, 2.75) is 38.5 Å². The molecule has 106 valence electrons. The van der Waals surface area contributed by atoms with E-state index in [1.807, 2.05) is 0 Å². The average molecular weight is 312 g/mol. The molecule has 3 nitrogen and oxygen atoms in total. The summed E-state index contributed by atoms with van der Waals surface area (Å²) in [6, 6.07) is 4.80. The Hall–Kier alpha value is -1.06. The minimum Gasteiger partial charge on any atom is -0.274 e. The zero-order valence-corrected chi connectivity index (χ0v) is 12.5. The van der Waals surface area contributed by atoms with E-state index < -0.39 is 0 Å². The molecule has 20 heavy (non-hydrogen) atoms. The van der Waals surface area contributed by atoms with Gasteiger partial charge >= 0.3 is 0 Å². The van der Waals surface area contributed by atoms with Crippen molar-refractivity contribution in [2.75, 3.05) is 4.90 Å². The largest absolute Gasteiger partial charge is 0.274 e. The number of halogens is 2. The summed E-state index contributed by atoms with van der Waals surface area (Å²) in [7, 11) is 0. The van der Waals surface area contributed by atoms with E-state index in [4.69, 9.17) is 23.2 Å². The molecule has 1 aliphatic heterocycles. The Morgan fingerprint density at radius 1 is 0.900 bits per heavy atom. The van der Waals surface area contributed by atoms with Crippen LogP contribution in [-0.4, -0.2) is 11.8 Å². The molecule has 2 fully saturated rings. The van der Waals surface area contributed by atoms with Gasteiger partial charge in [0.2, 0.25) is 11.8 Å². The molecule has 0 bridgehead atoms. The monoisotopic (exact) mass is 311 g/mol. The van der Waals surface area contributed by atoms with Gasteiger partial charge in [-0.15, -0.1) is 0 Å². The first kappa shape index (κ1) is 13.9. The molecule has 3 rings (SSSR count). The van der Waals surface area contributed by atoms with E-state index in [0.29, 0.717) is 28.6 Å². The molecule has 1 saturated carbocycles. The predicted octanol–water partition coefficient (Wildman–Crippen LogP) is 4.21. The van der Waals surface area contributed by atoms with Crippen molar-refractivity contribution < 1.29 is 9.59 Å². The molecule has 0 N–H and O–H groups in total. The van der Waals surface area contributed by atoms with Crippen molar-refractivity contribution in [3.8, 4) is 0 Å². The minimum atomic E-state index is -0.138. The summed E-state index contributed by atoms with van der Waals surface area (Å²) in [4.78, 5) is 26.1. The van der Waals surface area contributed by atoms with Gasteiger partial charge in [-0.1, -0.05) is 36.0 Å². The third-order valence-electron chi connectivity index (χ3n) is 4.32. The smallest absolute Gasteiger partial charge is 0.234 e. The first-order valence-corrected chi connectivity index (χ1v) is 7.57. The predicted molar refractivity (Wildman–Crippen MR) is 79.1 cm³/mol. The highest BCUT2D eigenvalue weighted by Gasteiger charge is 2.45. The third kappa shape index (κ3) is 2.45. The first-order valence-electron chi connectivity index (χ1n) is 6.81. The van der Waals surface area contributed by atoms with E-state index in [9.17, 15) is 9.59 Å². The third-order valence-corrected chi connectivity index (χ3v) is 4.76. The molecule has 1 aromatic carbocycles. The number of anilines is 1. The van der Waals surface area contributed by atoms with E-state index in [2.05, 4.69) is 0 Å². The number of hydrogen-bond acceptors (Lipinski definition) is 2. The highest BCUT2D eigenvalue weighted by molar-refractivity contribution is 6.35. The maximum absolute atomic E-state index is 12.4. The minimum absolute atomic E-state index is 0.0902. The van der Waals surface area contributed by atoms with Crippen LogP contribution in [0, 0.1) is 5.41 Å². The Kier molecular flexibility index (Phi) is 3.51. The molecule has 1 saturated heterocycles. The topological polar surface area (TPSA) is 37.4 Å². The van der Waals surface area contributed by atoms with Crippen LogP contribution in [-0.2, 0) is 9.59 Å². The van der Waals surface area contributed by atoms with Gasteiger partial charge in [-0.05, 0) is 36.5 Å². The molecular formula is C15H15Cl2NO2. The van der Waals surface area contributed by atoms with Crippen molar-refractivity contribution >= 4 is 40.7 Å². The van der Waals surface area contributed by atoms with Gasteiger partial charge in [-0.25, -0.2) is 0 Å². The van der Waals surface area contributed by atoms with Gasteiger partial charge in [0.05, 0.1) is 5.69 Å². The first-order chi connectivity index (χ1) is 9.49. The van der Waals surface area contributed by atoms with Crippen LogP contribution < -0.4 is 4.90 Å². The number of rotatable bonds is 1. The average Bonchev–Trinajstić information content (AvgIpc) is 2.74. The van der Waals surface area contributed by atoms with Gasteiger partial charge in [0, 0.05) is 22.9 Å². The fourth-order valence-electron chi connectivity index (χ4n) is 3.44. The van der Waals surface area contributed by atoms with Gasteiger partial charge < -0.3 is 0 Å². The molecule has 1 aromatic rings. The summed E-state index contributed by atoms with van der Waals surface area (Å²) in [5.41, 5.74) is 0.387.